The van der Waals surface area contributed by atoms with Crippen LogP contribution in [0.3, 0.4) is 0 Å². The molecule has 4 rings (SSSR count). The number of phenolic OH excluding ortho intramolecular Hbond substituents is 1. The maximum Gasteiger partial charge on any atom is 0.258 e. The van der Waals surface area contributed by atoms with Crippen molar-refractivity contribution in [3.05, 3.63) is 29.8 Å². The maximum atomic E-state index is 12.7. The van der Waals surface area contributed by atoms with E-state index in [1.165, 1.54) is 31.7 Å². The standard InChI is InChI=1S/C21H28N2O3/c24-19-6-2-1-4-17(19)21(26)23-11-3-5-18(23)20(25)22-10-9-16-13-14-7-8-15(16)12-14/h1-2,4,6,14-16,18,24H,3,5,7-13H2,(H,22,25)/t14-,15-,16-,18-/m0/s1. The Bertz CT molecular complexity index is 690. The topological polar surface area (TPSA) is 69.6 Å². The van der Waals surface area contributed by atoms with Gasteiger partial charge >= 0.3 is 0 Å². The highest BCUT2D eigenvalue weighted by Gasteiger charge is 2.39. The third-order valence-electron chi connectivity index (χ3n) is 6.65. The van der Waals surface area contributed by atoms with E-state index in [9.17, 15) is 14.7 Å². The minimum absolute atomic E-state index is 0.0279. The molecule has 2 saturated carbocycles. The van der Waals surface area contributed by atoms with Crippen LogP contribution in [-0.4, -0.2) is 41.0 Å². The average Bonchev–Trinajstić information content (AvgIpc) is 3.38. The van der Waals surface area contributed by atoms with Crippen LogP contribution in [0, 0.1) is 17.8 Å². The number of aromatic hydroxyl groups is 1. The molecule has 140 valence electrons. The van der Waals surface area contributed by atoms with Gasteiger partial charge in [0, 0.05) is 13.1 Å². The molecule has 2 bridgehead atoms. The molecule has 2 aliphatic carbocycles. The Morgan fingerprint density at radius 3 is 2.73 bits per heavy atom. The van der Waals surface area contributed by atoms with Gasteiger partial charge in [-0.05, 0) is 68.4 Å². The summed E-state index contributed by atoms with van der Waals surface area (Å²) in [5, 5.41) is 13.0. The first-order valence-corrected chi connectivity index (χ1v) is 10.00. The number of fused-ring (bicyclic) bond motifs is 2. The molecule has 1 heterocycles. The van der Waals surface area contributed by atoms with Gasteiger partial charge in [0.1, 0.15) is 11.8 Å². The van der Waals surface area contributed by atoms with Crippen molar-refractivity contribution in [1.29, 1.82) is 0 Å². The van der Waals surface area contributed by atoms with Crippen LogP contribution >= 0.6 is 0 Å². The van der Waals surface area contributed by atoms with Crippen molar-refractivity contribution >= 4 is 11.8 Å². The van der Waals surface area contributed by atoms with Gasteiger partial charge in [0.2, 0.25) is 5.91 Å². The second kappa shape index (κ2) is 7.29. The molecule has 4 atom stereocenters. The average molecular weight is 356 g/mol. The van der Waals surface area contributed by atoms with Gasteiger partial charge < -0.3 is 15.3 Å². The predicted molar refractivity (Wildman–Crippen MR) is 98.7 cm³/mol. The summed E-state index contributed by atoms with van der Waals surface area (Å²) in [6.45, 7) is 1.28. The minimum Gasteiger partial charge on any atom is -0.507 e. The molecule has 5 heteroatoms. The van der Waals surface area contributed by atoms with Crippen LogP contribution in [0.1, 0.15) is 55.3 Å². The molecule has 1 aromatic carbocycles. The Balaban J connectivity index is 1.32. The van der Waals surface area contributed by atoms with Gasteiger partial charge in [-0.1, -0.05) is 18.6 Å². The molecule has 1 aliphatic heterocycles. The van der Waals surface area contributed by atoms with Crippen molar-refractivity contribution in [3.63, 3.8) is 0 Å². The lowest BCUT2D eigenvalue weighted by molar-refractivity contribution is -0.124. The number of nitrogens with one attached hydrogen (secondary N) is 1. The van der Waals surface area contributed by atoms with Crippen molar-refractivity contribution in [2.45, 2.75) is 51.0 Å². The second-order valence-corrected chi connectivity index (χ2v) is 8.19. The summed E-state index contributed by atoms with van der Waals surface area (Å²) < 4.78 is 0. The van der Waals surface area contributed by atoms with Crippen molar-refractivity contribution in [2.75, 3.05) is 13.1 Å². The molecule has 2 amide bonds. The zero-order valence-corrected chi connectivity index (χ0v) is 15.2. The van der Waals surface area contributed by atoms with Crippen LogP contribution in [-0.2, 0) is 4.79 Å². The normalized spacial score (nSPS) is 29.9. The van der Waals surface area contributed by atoms with E-state index < -0.39 is 6.04 Å². The number of nitrogens with zero attached hydrogens (tertiary/aromatic N) is 1. The number of hydrogen-bond donors (Lipinski definition) is 2. The van der Waals surface area contributed by atoms with E-state index >= 15 is 0 Å². The van der Waals surface area contributed by atoms with Crippen molar-refractivity contribution in [1.82, 2.24) is 10.2 Å². The molecule has 3 aliphatic rings. The number of carbonyl (C=O) groups excluding carboxylic acids is 2. The Kier molecular flexibility index (Phi) is 4.88. The van der Waals surface area contributed by atoms with Crippen LogP contribution in [0.2, 0.25) is 0 Å². The van der Waals surface area contributed by atoms with Crippen LogP contribution in [0.5, 0.6) is 5.75 Å². The van der Waals surface area contributed by atoms with Crippen molar-refractivity contribution in [2.24, 2.45) is 17.8 Å². The van der Waals surface area contributed by atoms with E-state index in [1.807, 2.05) is 0 Å². The van der Waals surface area contributed by atoms with Gasteiger partial charge in [-0.3, -0.25) is 9.59 Å². The van der Waals surface area contributed by atoms with Crippen LogP contribution in [0.15, 0.2) is 24.3 Å². The van der Waals surface area contributed by atoms with E-state index in [1.54, 1.807) is 23.1 Å². The molecule has 1 aromatic rings. The minimum atomic E-state index is -0.415. The van der Waals surface area contributed by atoms with Gasteiger partial charge in [-0.2, -0.15) is 0 Å². The van der Waals surface area contributed by atoms with Crippen LogP contribution in [0.4, 0.5) is 0 Å². The molecule has 0 spiro atoms. The predicted octanol–water partition coefficient (Wildman–Crippen LogP) is 2.94. The molecule has 3 fully saturated rings. The second-order valence-electron chi connectivity index (χ2n) is 8.19. The van der Waals surface area contributed by atoms with Crippen LogP contribution in [0.25, 0.3) is 0 Å². The zero-order chi connectivity index (χ0) is 18.1. The molecule has 26 heavy (non-hydrogen) atoms. The van der Waals surface area contributed by atoms with E-state index in [0.717, 1.165) is 30.6 Å². The fourth-order valence-electron chi connectivity index (χ4n) is 5.32. The number of benzene rings is 1. The van der Waals surface area contributed by atoms with Gasteiger partial charge in [-0.25, -0.2) is 0 Å². The monoisotopic (exact) mass is 356 g/mol. The lowest BCUT2D eigenvalue weighted by Crippen LogP contribution is -2.46. The Morgan fingerprint density at radius 1 is 1.15 bits per heavy atom. The zero-order valence-electron chi connectivity index (χ0n) is 15.2. The van der Waals surface area contributed by atoms with Gasteiger partial charge in [-0.15, -0.1) is 0 Å². The highest BCUT2D eigenvalue weighted by Crippen LogP contribution is 2.49. The fourth-order valence-corrected chi connectivity index (χ4v) is 5.32. The van der Waals surface area contributed by atoms with E-state index in [-0.39, 0.29) is 23.1 Å². The van der Waals surface area contributed by atoms with Crippen LogP contribution < -0.4 is 5.32 Å². The number of amides is 2. The fraction of sp³-hybridized carbons (Fsp3) is 0.619. The SMILES string of the molecule is O=C(NCC[C@H]1C[C@H]2CC[C@H]1C2)[C@@H]1CCCN1C(=O)c1ccccc1O. The lowest BCUT2D eigenvalue weighted by Gasteiger charge is -2.25. The van der Waals surface area contributed by atoms with E-state index in [0.29, 0.717) is 19.5 Å². The summed E-state index contributed by atoms with van der Waals surface area (Å²) in [6, 6.07) is 6.12. The molecule has 0 radical (unpaired) electrons. The number of rotatable bonds is 5. The van der Waals surface area contributed by atoms with E-state index in [2.05, 4.69) is 5.32 Å². The summed E-state index contributed by atoms with van der Waals surface area (Å²) in [5.74, 6) is 2.25. The first kappa shape index (κ1) is 17.4. The third kappa shape index (κ3) is 3.31. The molecule has 2 N–H and O–H groups in total. The summed E-state index contributed by atoms with van der Waals surface area (Å²) in [4.78, 5) is 27.0. The highest BCUT2D eigenvalue weighted by atomic mass is 16.3. The number of carbonyl (C=O) groups is 2. The quantitative estimate of drug-likeness (QED) is 0.852. The summed E-state index contributed by atoms with van der Waals surface area (Å²) >= 11 is 0. The van der Waals surface area contributed by atoms with Gasteiger partial charge in [0.25, 0.3) is 5.91 Å². The lowest BCUT2D eigenvalue weighted by atomic mass is 9.86. The molecular weight excluding hydrogens is 328 g/mol. The first-order valence-electron chi connectivity index (χ1n) is 10.00. The molecule has 0 aromatic heterocycles. The van der Waals surface area contributed by atoms with Gasteiger partial charge in [0.15, 0.2) is 0 Å². The third-order valence-corrected chi connectivity index (χ3v) is 6.65. The number of likely N-dealkylation sites (tertiary alicyclic amines) is 1. The number of para-hydroxylation sites is 1. The molecule has 0 unspecified atom stereocenters. The van der Waals surface area contributed by atoms with Gasteiger partial charge in [0.05, 0.1) is 5.56 Å². The molecular formula is C21H28N2O3. The Morgan fingerprint density at radius 2 is 2.00 bits per heavy atom. The smallest absolute Gasteiger partial charge is 0.258 e. The largest absolute Gasteiger partial charge is 0.507 e. The molecule has 1 saturated heterocycles. The Labute approximate surface area is 154 Å². The van der Waals surface area contributed by atoms with Crippen molar-refractivity contribution in [3.8, 4) is 5.75 Å². The van der Waals surface area contributed by atoms with E-state index in [4.69, 9.17) is 0 Å². The summed E-state index contributed by atoms with van der Waals surface area (Å²) in [5.41, 5.74) is 0.272. The highest BCUT2D eigenvalue weighted by molar-refractivity contribution is 5.99. The Hall–Kier alpha value is -2.04. The molecule has 5 nitrogen and oxygen atoms in total. The van der Waals surface area contributed by atoms with Crippen molar-refractivity contribution < 1.29 is 14.7 Å². The summed E-state index contributed by atoms with van der Waals surface area (Å²) in [7, 11) is 0. The number of phenols is 1. The summed E-state index contributed by atoms with van der Waals surface area (Å²) in [6.07, 6.45) is 8.08. The number of hydrogen-bond acceptors (Lipinski definition) is 3. The first-order chi connectivity index (χ1) is 12.6. The maximum absolute atomic E-state index is 12.7.